The van der Waals surface area contributed by atoms with Gasteiger partial charge in [-0.1, -0.05) is 10.3 Å². The fourth-order valence-corrected chi connectivity index (χ4v) is 1.60. The molecule has 1 aromatic heterocycles. The van der Waals surface area contributed by atoms with Crippen LogP contribution in [0.5, 0.6) is 5.75 Å². The van der Waals surface area contributed by atoms with Crippen molar-refractivity contribution in [1.82, 2.24) is 10.3 Å². The van der Waals surface area contributed by atoms with Crippen molar-refractivity contribution in [3.05, 3.63) is 24.0 Å². The molecule has 1 N–H and O–H groups in total. The molecule has 8 heteroatoms. The largest absolute Gasteiger partial charge is 0.398 e. The number of nitrogens with one attached hydrogen (secondary N) is 1. The van der Waals surface area contributed by atoms with Gasteiger partial charge >= 0.3 is 0 Å². The van der Waals surface area contributed by atoms with Crippen molar-refractivity contribution in [1.29, 1.82) is 0 Å². The van der Waals surface area contributed by atoms with E-state index < -0.39 is 5.91 Å². The van der Waals surface area contributed by atoms with Crippen LogP contribution in [0.25, 0.3) is 0 Å². The van der Waals surface area contributed by atoms with Crippen LogP contribution < -0.4 is 10.2 Å². The Morgan fingerprint density at radius 1 is 1.30 bits per heavy atom. The molecule has 0 aromatic carbocycles. The number of aliphatic imine (C=N–C) groups is 1. The van der Waals surface area contributed by atoms with Gasteiger partial charge in [-0.3, -0.25) is 14.8 Å². The van der Waals surface area contributed by atoms with Crippen molar-refractivity contribution in [3.8, 4) is 5.75 Å². The van der Waals surface area contributed by atoms with E-state index in [0.29, 0.717) is 23.6 Å². The number of carbonyl (C=O) groups excluding carboxylic acids is 1. The number of oxime groups is 2. The molecular formula is C15H21N5O3. The predicted octanol–water partition coefficient (Wildman–Crippen LogP) is 1.41. The van der Waals surface area contributed by atoms with Crippen molar-refractivity contribution >= 4 is 23.0 Å². The lowest BCUT2D eigenvalue weighted by molar-refractivity contribution is -0.114. The molecule has 0 aliphatic carbocycles. The first-order valence-corrected chi connectivity index (χ1v) is 7.05. The highest BCUT2D eigenvalue weighted by Crippen LogP contribution is 2.18. The highest BCUT2D eigenvalue weighted by Gasteiger charge is 2.19. The van der Waals surface area contributed by atoms with Crippen LogP contribution in [-0.4, -0.2) is 48.7 Å². The van der Waals surface area contributed by atoms with E-state index in [1.807, 2.05) is 13.8 Å². The van der Waals surface area contributed by atoms with E-state index in [2.05, 4.69) is 25.6 Å². The van der Waals surface area contributed by atoms with Gasteiger partial charge in [0.25, 0.3) is 5.91 Å². The highest BCUT2D eigenvalue weighted by molar-refractivity contribution is 6.45. The van der Waals surface area contributed by atoms with E-state index in [-0.39, 0.29) is 5.71 Å². The lowest BCUT2D eigenvalue weighted by Crippen LogP contribution is -2.29. The zero-order valence-electron chi connectivity index (χ0n) is 14.0. The number of amides is 1. The molecule has 0 bridgehead atoms. The molecule has 0 spiro atoms. The molecular weight excluding hydrogens is 298 g/mol. The molecule has 124 valence electrons. The Bertz CT molecular complexity index is 638. The number of pyridine rings is 1. The third-order valence-electron chi connectivity index (χ3n) is 2.86. The van der Waals surface area contributed by atoms with Crippen molar-refractivity contribution in [2.45, 2.75) is 20.8 Å². The molecule has 0 unspecified atom stereocenters. The van der Waals surface area contributed by atoms with Gasteiger partial charge in [0.05, 0.1) is 17.0 Å². The summed E-state index contributed by atoms with van der Waals surface area (Å²) in [7, 11) is 2.85. The van der Waals surface area contributed by atoms with Crippen LogP contribution in [0.2, 0.25) is 0 Å². The Morgan fingerprint density at radius 3 is 2.65 bits per heavy atom. The van der Waals surface area contributed by atoms with E-state index in [0.717, 1.165) is 5.71 Å². The molecule has 0 saturated carbocycles. The summed E-state index contributed by atoms with van der Waals surface area (Å²) in [5.41, 5.74) is 1.83. The molecule has 1 aromatic rings. The molecule has 0 aliphatic rings. The Morgan fingerprint density at radius 2 is 2.04 bits per heavy atom. The number of carbonyl (C=O) groups is 1. The predicted molar refractivity (Wildman–Crippen MR) is 89.2 cm³/mol. The standard InChI is InChI=1S/C15H21N5O3/c1-6-18-10(2)11(3)19-23-13-7-8-17-9-12(13)14(20-22-5)15(21)16-4/h7-9H,6H2,1-5H3,(H,16,21)/b18-10?,19-11+,20-14+. The van der Waals surface area contributed by atoms with Gasteiger partial charge in [0, 0.05) is 32.1 Å². The van der Waals surface area contributed by atoms with Crippen LogP contribution in [0.1, 0.15) is 26.3 Å². The zero-order valence-corrected chi connectivity index (χ0v) is 14.0. The summed E-state index contributed by atoms with van der Waals surface area (Å²) in [4.78, 5) is 30.3. The first kappa shape index (κ1) is 18.3. The second-order valence-corrected chi connectivity index (χ2v) is 4.40. The van der Waals surface area contributed by atoms with E-state index in [1.54, 1.807) is 13.0 Å². The topological polar surface area (TPSA) is 97.5 Å². The molecule has 1 rings (SSSR count). The van der Waals surface area contributed by atoms with E-state index in [4.69, 9.17) is 9.68 Å². The number of hydrogen-bond acceptors (Lipinski definition) is 7. The minimum absolute atomic E-state index is 0.0462. The number of nitrogens with zero attached hydrogens (tertiary/aromatic N) is 4. The van der Waals surface area contributed by atoms with Gasteiger partial charge < -0.3 is 15.0 Å². The van der Waals surface area contributed by atoms with Crippen LogP contribution in [0, 0.1) is 0 Å². The van der Waals surface area contributed by atoms with Crippen molar-refractivity contribution in [2.75, 3.05) is 20.7 Å². The van der Waals surface area contributed by atoms with Crippen LogP contribution in [-0.2, 0) is 9.63 Å². The Balaban J connectivity index is 3.15. The summed E-state index contributed by atoms with van der Waals surface area (Å²) >= 11 is 0. The summed E-state index contributed by atoms with van der Waals surface area (Å²) in [5, 5.41) is 10.2. The Hall–Kier alpha value is -2.77. The third-order valence-corrected chi connectivity index (χ3v) is 2.86. The van der Waals surface area contributed by atoms with Crippen LogP contribution in [0.3, 0.4) is 0 Å². The Kier molecular flexibility index (Phi) is 7.38. The average Bonchev–Trinajstić information content (AvgIpc) is 2.57. The normalized spacial score (nSPS) is 12.8. The maximum Gasteiger partial charge on any atom is 0.273 e. The van der Waals surface area contributed by atoms with Crippen LogP contribution in [0.15, 0.2) is 33.8 Å². The molecule has 0 saturated heterocycles. The minimum Gasteiger partial charge on any atom is -0.398 e. The maximum atomic E-state index is 11.9. The first-order valence-electron chi connectivity index (χ1n) is 7.05. The molecule has 0 atom stereocenters. The second kappa shape index (κ2) is 9.29. The quantitative estimate of drug-likeness (QED) is 0.607. The molecule has 0 aliphatic heterocycles. The van der Waals surface area contributed by atoms with Crippen molar-refractivity contribution in [3.63, 3.8) is 0 Å². The van der Waals surface area contributed by atoms with E-state index in [9.17, 15) is 4.79 Å². The molecule has 0 fully saturated rings. The van der Waals surface area contributed by atoms with Crippen LogP contribution >= 0.6 is 0 Å². The summed E-state index contributed by atoms with van der Waals surface area (Å²) in [6.45, 7) is 6.25. The minimum atomic E-state index is -0.422. The number of rotatable bonds is 7. The summed E-state index contributed by atoms with van der Waals surface area (Å²) < 4.78 is 0. The molecule has 23 heavy (non-hydrogen) atoms. The van der Waals surface area contributed by atoms with Gasteiger partial charge in [-0.2, -0.15) is 0 Å². The van der Waals surface area contributed by atoms with Gasteiger partial charge in [-0.25, -0.2) is 0 Å². The first-order chi connectivity index (χ1) is 11.0. The summed E-state index contributed by atoms with van der Waals surface area (Å²) in [6, 6.07) is 1.59. The van der Waals surface area contributed by atoms with Gasteiger partial charge in [0.2, 0.25) is 0 Å². The number of hydrogen-bond donors (Lipinski definition) is 1. The zero-order chi connectivity index (χ0) is 17.2. The fraction of sp³-hybridized carbons (Fsp3) is 0.400. The van der Waals surface area contributed by atoms with Crippen LogP contribution in [0.4, 0.5) is 0 Å². The summed E-state index contributed by atoms with van der Waals surface area (Å²) in [6.07, 6.45) is 2.99. The average molecular weight is 319 g/mol. The van der Waals surface area contributed by atoms with E-state index in [1.165, 1.54) is 26.6 Å². The maximum absolute atomic E-state index is 11.9. The molecule has 1 heterocycles. The third kappa shape index (κ3) is 5.17. The lowest BCUT2D eigenvalue weighted by atomic mass is 10.1. The second-order valence-electron chi connectivity index (χ2n) is 4.40. The van der Waals surface area contributed by atoms with Gasteiger partial charge in [0.1, 0.15) is 7.11 Å². The van der Waals surface area contributed by atoms with Gasteiger partial charge in [-0.05, 0) is 20.8 Å². The number of aromatic nitrogens is 1. The van der Waals surface area contributed by atoms with Gasteiger partial charge in [-0.15, -0.1) is 0 Å². The fourth-order valence-electron chi connectivity index (χ4n) is 1.60. The monoisotopic (exact) mass is 319 g/mol. The smallest absolute Gasteiger partial charge is 0.273 e. The van der Waals surface area contributed by atoms with E-state index >= 15 is 0 Å². The molecule has 8 nitrogen and oxygen atoms in total. The Labute approximate surface area is 135 Å². The molecule has 1 amide bonds. The van der Waals surface area contributed by atoms with Gasteiger partial charge in [0.15, 0.2) is 11.5 Å². The van der Waals surface area contributed by atoms with Crippen molar-refractivity contribution < 1.29 is 14.5 Å². The summed E-state index contributed by atoms with van der Waals surface area (Å²) in [5.74, 6) is -0.0859. The number of likely N-dealkylation sites (N-methyl/N-ethyl adjacent to an activating group) is 1. The SMILES string of the molecule is CCN=C(C)/C(C)=N/Oc1ccncc1/C(=N\OC)C(=O)NC. The lowest BCUT2D eigenvalue weighted by Gasteiger charge is -2.08. The highest BCUT2D eigenvalue weighted by atomic mass is 16.6. The molecule has 0 radical (unpaired) electrons. The van der Waals surface area contributed by atoms with Crippen molar-refractivity contribution in [2.24, 2.45) is 15.3 Å².